The van der Waals surface area contributed by atoms with Crippen molar-refractivity contribution in [2.75, 3.05) is 0 Å². The highest BCUT2D eigenvalue weighted by atomic mass is 16.3. The Hall–Kier alpha value is -2.01. The minimum atomic E-state index is -0.505. The molecule has 114 valence electrons. The minimum absolute atomic E-state index is 0.0866. The van der Waals surface area contributed by atoms with E-state index in [1.165, 1.54) is 0 Å². The second kappa shape index (κ2) is 7.13. The van der Waals surface area contributed by atoms with Gasteiger partial charge in [0.05, 0.1) is 31.7 Å². The number of nitrogens with two attached hydrogens (primary N) is 1. The quantitative estimate of drug-likeness (QED) is 0.851. The molecule has 0 saturated carbocycles. The normalized spacial score (nSPS) is 12.6. The highest BCUT2D eigenvalue weighted by Gasteiger charge is 2.23. The standard InChI is InChI=1S/C16H22N2O3/c1-12(2)9-15(17)16(19)18(10-13-5-3-7-20-13)11-14-6-4-8-21-14/h3-8,12,15H,9-11,17H2,1-2H3/t15-/m0/s1. The SMILES string of the molecule is CC(C)C[C@H](N)C(=O)N(Cc1ccco1)Cc1ccco1. The van der Waals surface area contributed by atoms with Crippen LogP contribution in [0.5, 0.6) is 0 Å². The van der Waals surface area contributed by atoms with Gasteiger partial charge in [-0.05, 0) is 36.6 Å². The van der Waals surface area contributed by atoms with Gasteiger partial charge in [-0.1, -0.05) is 13.8 Å². The van der Waals surface area contributed by atoms with Crippen molar-refractivity contribution < 1.29 is 13.6 Å². The largest absolute Gasteiger partial charge is 0.467 e. The number of hydrogen-bond donors (Lipinski definition) is 1. The number of furan rings is 2. The van der Waals surface area contributed by atoms with E-state index < -0.39 is 6.04 Å². The van der Waals surface area contributed by atoms with Crippen LogP contribution in [-0.4, -0.2) is 16.8 Å². The molecule has 0 bridgehead atoms. The molecule has 2 rings (SSSR count). The first-order valence-electron chi connectivity index (χ1n) is 7.15. The molecule has 0 unspecified atom stereocenters. The molecular weight excluding hydrogens is 268 g/mol. The van der Waals surface area contributed by atoms with Crippen LogP contribution in [0.4, 0.5) is 0 Å². The molecule has 1 amide bonds. The van der Waals surface area contributed by atoms with Crippen molar-refractivity contribution in [1.82, 2.24) is 4.90 Å². The second-order valence-electron chi connectivity index (χ2n) is 5.59. The number of amides is 1. The lowest BCUT2D eigenvalue weighted by atomic mass is 10.0. The first kappa shape index (κ1) is 15.4. The van der Waals surface area contributed by atoms with E-state index in [2.05, 4.69) is 13.8 Å². The van der Waals surface area contributed by atoms with E-state index in [0.29, 0.717) is 25.4 Å². The molecule has 5 heteroatoms. The highest BCUT2D eigenvalue weighted by molar-refractivity contribution is 5.81. The van der Waals surface area contributed by atoms with Crippen LogP contribution in [0.3, 0.4) is 0 Å². The van der Waals surface area contributed by atoms with Crippen LogP contribution in [0.25, 0.3) is 0 Å². The molecule has 2 aromatic rings. The monoisotopic (exact) mass is 290 g/mol. The Bertz CT molecular complexity index is 496. The summed E-state index contributed by atoms with van der Waals surface area (Å²) in [5.41, 5.74) is 6.02. The van der Waals surface area contributed by atoms with Gasteiger partial charge in [0.15, 0.2) is 0 Å². The van der Waals surface area contributed by atoms with Crippen molar-refractivity contribution in [1.29, 1.82) is 0 Å². The Morgan fingerprint density at radius 3 is 2.05 bits per heavy atom. The van der Waals surface area contributed by atoms with Crippen molar-refractivity contribution in [3.8, 4) is 0 Å². The molecule has 21 heavy (non-hydrogen) atoms. The van der Waals surface area contributed by atoms with Crippen LogP contribution in [0.2, 0.25) is 0 Å². The van der Waals surface area contributed by atoms with Crippen molar-refractivity contribution in [3.05, 3.63) is 48.3 Å². The van der Waals surface area contributed by atoms with Crippen molar-refractivity contribution in [2.24, 2.45) is 11.7 Å². The van der Waals surface area contributed by atoms with Crippen LogP contribution in [0.1, 0.15) is 31.8 Å². The Kier molecular flexibility index (Phi) is 5.22. The van der Waals surface area contributed by atoms with E-state index in [-0.39, 0.29) is 5.91 Å². The van der Waals surface area contributed by atoms with Crippen molar-refractivity contribution in [3.63, 3.8) is 0 Å². The molecule has 0 aliphatic carbocycles. The van der Waals surface area contributed by atoms with Crippen molar-refractivity contribution in [2.45, 2.75) is 39.4 Å². The fourth-order valence-electron chi connectivity index (χ4n) is 2.24. The van der Waals surface area contributed by atoms with E-state index in [9.17, 15) is 4.79 Å². The van der Waals surface area contributed by atoms with Gasteiger partial charge >= 0.3 is 0 Å². The summed E-state index contributed by atoms with van der Waals surface area (Å²) in [4.78, 5) is 14.2. The molecule has 2 heterocycles. The number of nitrogens with zero attached hydrogens (tertiary/aromatic N) is 1. The van der Waals surface area contributed by atoms with E-state index in [1.54, 1.807) is 29.6 Å². The zero-order valence-electron chi connectivity index (χ0n) is 12.5. The van der Waals surface area contributed by atoms with Crippen LogP contribution in [0.15, 0.2) is 45.6 Å². The van der Waals surface area contributed by atoms with Crippen LogP contribution < -0.4 is 5.73 Å². The van der Waals surface area contributed by atoms with Gasteiger partial charge in [0.1, 0.15) is 11.5 Å². The number of carbonyl (C=O) groups is 1. The molecule has 0 fully saturated rings. The molecule has 0 aliphatic heterocycles. The van der Waals surface area contributed by atoms with Crippen molar-refractivity contribution >= 4 is 5.91 Å². The lowest BCUT2D eigenvalue weighted by molar-refractivity contribution is -0.134. The molecule has 2 aromatic heterocycles. The van der Waals surface area contributed by atoms with E-state index in [1.807, 2.05) is 12.1 Å². The van der Waals surface area contributed by atoms with Crippen LogP contribution in [0, 0.1) is 5.92 Å². The van der Waals surface area contributed by atoms with Gasteiger partial charge in [-0.15, -0.1) is 0 Å². The zero-order chi connectivity index (χ0) is 15.2. The highest BCUT2D eigenvalue weighted by Crippen LogP contribution is 2.14. The molecule has 2 N–H and O–H groups in total. The van der Waals surface area contributed by atoms with E-state index in [4.69, 9.17) is 14.6 Å². The van der Waals surface area contributed by atoms with E-state index in [0.717, 1.165) is 11.5 Å². The van der Waals surface area contributed by atoms with Crippen LogP contribution >= 0.6 is 0 Å². The predicted molar refractivity (Wildman–Crippen MR) is 79.1 cm³/mol. The van der Waals surface area contributed by atoms with Gasteiger partial charge in [0, 0.05) is 0 Å². The third-order valence-electron chi connectivity index (χ3n) is 3.21. The Labute approximate surface area is 124 Å². The lowest BCUT2D eigenvalue weighted by Crippen LogP contribution is -2.43. The summed E-state index contributed by atoms with van der Waals surface area (Å²) in [6.45, 7) is 4.88. The van der Waals surface area contributed by atoms with Gasteiger partial charge in [-0.2, -0.15) is 0 Å². The summed E-state index contributed by atoms with van der Waals surface area (Å²) in [5.74, 6) is 1.74. The average molecular weight is 290 g/mol. The molecule has 5 nitrogen and oxygen atoms in total. The minimum Gasteiger partial charge on any atom is -0.467 e. The number of rotatable bonds is 7. The number of carbonyl (C=O) groups excluding carboxylic acids is 1. The fourth-order valence-corrected chi connectivity index (χ4v) is 2.24. The number of hydrogen-bond acceptors (Lipinski definition) is 4. The Balaban J connectivity index is 2.08. The summed E-state index contributed by atoms with van der Waals surface area (Å²) < 4.78 is 10.7. The first-order chi connectivity index (χ1) is 10.1. The Morgan fingerprint density at radius 2 is 1.67 bits per heavy atom. The van der Waals surface area contributed by atoms with E-state index >= 15 is 0 Å². The topological polar surface area (TPSA) is 72.6 Å². The fraction of sp³-hybridized carbons (Fsp3) is 0.438. The van der Waals surface area contributed by atoms with Gasteiger partial charge in [0.2, 0.25) is 5.91 Å². The maximum atomic E-state index is 12.5. The summed E-state index contributed by atoms with van der Waals surface area (Å²) >= 11 is 0. The molecule has 0 radical (unpaired) electrons. The molecule has 0 aliphatic rings. The lowest BCUT2D eigenvalue weighted by Gasteiger charge is -2.25. The smallest absolute Gasteiger partial charge is 0.240 e. The molecule has 0 aromatic carbocycles. The average Bonchev–Trinajstić information content (AvgIpc) is 3.09. The van der Waals surface area contributed by atoms with Gasteiger partial charge in [-0.25, -0.2) is 0 Å². The first-order valence-corrected chi connectivity index (χ1v) is 7.15. The van der Waals surface area contributed by atoms with Gasteiger partial charge in [-0.3, -0.25) is 4.79 Å². The summed E-state index contributed by atoms with van der Waals surface area (Å²) in [7, 11) is 0. The zero-order valence-corrected chi connectivity index (χ0v) is 12.5. The second-order valence-corrected chi connectivity index (χ2v) is 5.59. The van der Waals surface area contributed by atoms with Crippen LogP contribution in [-0.2, 0) is 17.9 Å². The Morgan fingerprint density at radius 1 is 1.14 bits per heavy atom. The summed E-state index contributed by atoms with van der Waals surface area (Å²) in [6.07, 6.45) is 3.85. The van der Waals surface area contributed by atoms with Gasteiger partial charge in [0.25, 0.3) is 0 Å². The maximum absolute atomic E-state index is 12.5. The molecule has 1 atom stereocenters. The van der Waals surface area contributed by atoms with Gasteiger partial charge < -0.3 is 19.5 Å². The maximum Gasteiger partial charge on any atom is 0.240 e. The third-order valence-corrected chi connectivity index (χ3v) is 3.21. The molecule has 0 saturated heterocycles. The molecular formula is C16H22N2O3. The third kappa shape index (κ3) is 4.49. The summed E-state index contributed by atoms with van der Waals surface area (Å²) in [6, 6.07) is 6.79. The summed E-state index contributed by atoms with van der Waals surface area (Å²) in [5, 5.41) is 0. The molecule has 0 spiro atoms. The predicted octanol–water partition coefficient (Wildman–Crippen LogP) is 2.77.